The molecule has 1 saturated carbocycles. The summed E-state index contributed by atoms with van der Waals surface area (Å²) in [6.07, 6.45) is 3.98. The van der Waals surface area contributed by atoms with Crippen LogP contribution in [0.4, 0.5) is 4.39 Å². The Morgan fingerprint density at radius 2 is 1.61 bits per heavy atom. The van der Waals surface area contributed by atoms with Crippen LogP contribution in [0.3, 0.4) is 0 Å². The summed E-state index contributed by atoms with van der Waals surface area (Å²) in [5, 5.41) is 5.63. The summed E-state index contributed by atoms with van der Waals surface area (Å²) in [6.45, 7) is 2.06. The lowest BCUT2D eigenvalue weighted by Crippen LogP contribution is -2.46. The van der Waals surface area contributed by atoms with Crippen LogP contribution in [0.2, 0.25) is 0 Å². The Bertz CT molecular complexity index is 800. The van der Waals surface area contributed by atoms with Crippen LogP contribution >= 0.6 is 0 Å². The number of halogens is 1. The Labute approximate surface area is 164 Å². The Morgan fingerprint density at radius 1 is 1.04 bits per heavy atom. The summed E-state index contributed by atoms with van der Waals surface area (Å²) in [6, 6.07) is 12.5. The van der Waals surface area contributed by atoms with Crippen molar-refractivity contribution in [2.45, 2.75) is 45.2 Å². The van der Waals surface area contributed by atoms with E-state index in [2.05, 4.69) is 10.6 Å². The molecule has 0 aromatic heterocycles. The van der Waals surface area contributed by atoms with E-state index in [-0.39, 0.29) is 23.5 Å². The first kappa shape index (κ1) is 19.9. The van der Waals surface area contributed by atoms with Gasteiger partial charge in [0.25, 0.3) is 0 Å². The summed E-state index contributed by atoms with van der Waals surface area (Å²) in [5.41, 5.74) is 0.911. The first-order valence-electron chi connectivity index (χ1n) is 9.62. The molecule has 0 saturated heterocycles. The van der Waals surface area contributed by atoms with Crippen LogP contribution in [0.1, 0.15) is 38.2 Å². The van der Waals surface area contributed by atoms with Gasteiger partial charge in [-0.25, -0.2) is 4.39 Å². The highest BCUT2D eigenvalue weighted by Crippen LogP contribution is 2.25. The van der Waals surface area contributed by atoms with E-state index < -0.39 is 6.04 Å². The standard InChI is InChI=1S/C22H25FN2O3/c1-15(25-22(27)17-4-2-3-5-17)21(26)24-14-16-6-10-19(11-7-16)28-20-12-8-18(23)9-13-20/h6-13,15,17H,2-5,14H2,1H3,(H,24,26)(H,25,27). The normalized spacial score (nSPS) is 15.1. The van der Waals surface area contributed by atoms with Crippen LogP contribution < -0.4 is 15.4 Å². The minimum Gasteiger partial charge on any atom is -0.457 e. The molecule has 0 aliphatic heterocycles. The molecule has 2 aromatic rings. The lowest BCUT2D eigenvalue weighted by Gasteiger charge is -2.17. The second kappa shape index (κ2) is 9.35. The molecule has 0 heterocycles. The number of hydrogen-bond acceptors (Lipinski definition) is 3. The maximum atomic E-state index is 12.9. The third kappa shape index (κ3) is 5.55. The summed E-state index contributed by atoms with van der Waals surface area (Å²) in [4.78, 5) is 24.3. The first-order chi connectivity index (χ1) is 13.5. The van der Waals surface area contributed by atoms with Crippen LogP contribution in [0.15, 0.2) is 48.5 Å². The second-order valence-electron chi connectivity index (χ2n) is 7.13. The molecule has 3 rings (SSSR count). The molecule has 148 valence electrons. The van der Waals surface area contributed by atoms with Gasteiger partial charge < -0.3 is 15.4 Å². The Kier molecular flexibility index (Phi) is 6.63. The van der Waals surface area contributed by atoms with Gasteiger partial charge >= 0.3 is 0 Å². The lowest BCUT2D eigenvalue weighted by atomic mass is 10.1. The van der Waals surface area contributed by atoms with Crippen molar-refractivity contribution in [3.63, 3.8) is 0 Å². The van der Waals surface area contributed by atoms with Gasteiger partial charge in [0.05, 0.1) is 0 Å². The topological polar surface area (TPSA) is 67.4 Å². The fraction of sp³-hybridized carbons (Fsp3) is 0.364. The van der Waals surface area contributed by atoms with Gasteiger partial charge in [0.2, 0.25) is 11.8 Å². The minimum atomic E-state index is -0.561. The number of hydrogen-bond donors (Lipinski definition) is 2. The number of benzene rings is 2. The lowest BCUT2D eigenvalue weighted by molar-refractivity contribution is -0.130. The van der Waals surface area contributed by atoms with Crippen LogP contribution in [0.25, 0.3) is 0 Å². The number of rotatable bonds is 7. The van der Waals surface area contributed by atoms with Crippen molar-refractivity contribution in [1.29, 1.82) is 0 Å². The van der Waals surface area contributed by atoms with E-state index in [1.807, 2.05) is 12.1 Å². The van der Waals surface area contributed by atoms with Crippen molar-refractivity contribution < 1.29 is 18.7 Å². The molecule has 1 unspecified atom stereocenters. The molecule has 1 atom stereocenters. The number of ether oxygens (including phenoxy) is 1. The van der Waals surface area contributed by atoms with E-state index in [0.717, 1.165) is 31.2 Å². The fourth-order valence-corrected chi connectivity index (χ4v) is 3.24. The Balaban J connectivity index is 1.45. The van der Waals surface area contributed by atoms with Gasteiger partial charge in [0.1, 0.15) is 23.4 Å². The Hall–Kier alpha value is -2.89. The summed E-state index contributed by atoms with van der Waals surface area (Å²) >= 11 is 0. The number of nitrogens with one attached hydrogen (secondary N) is 2. The van der Waals surface area contributed by atoms with Gasteiger partial charge in [0.15, 0.2) is 0 Å². The van der Waals surface area contributed by atoms with Gasteiger partial charge in [-0.15, -0.1) is 0 Å². The Morgan fingerprint density at radius 3 is 2.21 bits per heavy atom. The highest BCUT2D eigenvalue weighted by atomic mass is 19.1. The van der Waals surface area contributed by atoms with Crippen LogP contribution in [0.5, 0.6) is 11.5 Å². The molecular formula is C22H25FN2O3. The second-order valence-corrected chi connectivity index (χ2v) is 7.13. The zero-order valence-electron chi connectivity index (χ0n) is 15.9. The van der Waals surface area contributed by atoms with E-state index in [4.69, 9.17) is 4.74 Å². The predicted octanol–water partition coefficient (Wildman–Crippen LogP) is 3.93. The molecule has 1 fully saturated rings. The molecule has 1 aliphatic carbocycles. The predicted molar refractivity (Wildman–Crippen MR) is 104 cm³/mol. The summed E-state index contributed by atoms with van der Waals surface area (Å²) in [5.74, 6) is 0.671. The minimum absolute atomic E-state index is 0.0255. The summed E-state index contributed by atoms with van der Waals surface area (Å²) < 4.78 is 18.6. The fourth-order valence-electron chi connectivity index (χ4n) is 3.24. The first-order valence-corrected chi connectivity index (χ1v) is 9.62. The SMILES string of the molecule is CC(NC(=O)C1CCCC1)C(=O)NCc1ccc(Oc2ccc(F)cc2)cc1. The van der Waals surface area contributed by atoms with Crippen molar-refractivity contribution in [2.75, 3.05) is 0 Å². The van der Waals surface area contributed by atoms with E-state index in [9.17, 15) is 14.0 Å². The molecule has 0 bridgehead atoms. The molecular weight excluding hydrogens is 359 g/mol. The van der Waals surface area contributed by atoms with E-state index in [1.54, 1.807) is 31.2 Å². The molecule has 28 heavy (non-hydrogen) atoms. The number of carbonyl (C=O) groups excluding carboxylic acids is 2. The largest absolute Gasteiger partial charge is 0.457 e. The maximum Gasteiger partial charge on any atom is 0.242 e. The van der Waals surface area contributed by atoms with E-state index in [0.29, 0.717) is 18.0 Å². The van der Waals surface area contributed by atoms with Gasteiger partial charge in [-0.1, -0.05) is 25.0 Å². The van der Waals surface area contributed by atoms with Crippen molar-refractivity contribution in [3.05, 3.63) is 59.9 Å². The molecule has 2 aromatic carbocycles. The molecule has 1 aliphatic rings. The quantitative estimate of drug-likeness (QED) is 0.760. The highest BCUT2D eigenvalue weighted by Gasteiger charge is 2.25. The maximum absolute atomic E-state index is 12.9. The van der Waals surface area contributed by atoms with Crippen LogP contribution in [-0.2, 0) is 16.1 Å². The van der Waals surface area contributed by atoms with Gasteiger partial charge in [0, 0.05) is 12.5 Å². The number of amides is 2. The molecule has 2 amide bonds. The highest BCUT2D eigenvalue weighted by molar-refractivity contribution is 5.88. The zero-order valence-corrected chi connectivity index (χ0v) is 15.9. The van der Waals surface area contributed by atoms with E-state index in [1.165, 1.54) is 12.1 Å². The van der Waals surface area contributed by atoms with Gasteiger partial charge in [-0.3, -0.25) is 9.59 Å². The third-order valence-corrected chi connectivity index (χ3v) is 4.92. The van der Waals surface area contributed by atoms with Crippen molar-refractivity contribution in [3.8, 4) is 11.5 Å². The van der Waals surface area contributed by atoms with Crippen molar-refractivity contribution in [1.82, 2.24) is 10.6 Å². The average molecular weight is 384 g/mol. The molecule has 0 spiro atoms. The zero-order chi connectivity index (χ0) is 19.9. The van der Waals surface area contributed by atoms with E-state index >= 15 is 0 Å². The van der Waals surface area contributed by atoms with Gasteiger partial charge in [-0.05, 0) is 61.7 Å². The van der Waals surface area contributed by atoms with Crippen molar-refractivity contribution >= 4 is 11.8 Å². The monoisotopic (exact) mass is 384 g/mol. The smallest absolute Gasteiger partial charge is 0.242 e. The molecule has 6 heteroatoms. The van der Waals surface area contributed by atoms with Gasteiger partial charge in [-0.2, -0.15) is 0 Å². The van der Waals surface area contributed by atoms with Crippen LogP contribution in [-0.4, -0.2) is 17.9 Å². The molecule has 0 radical (unpaired) electrons. The molecule has 2 N–H and O–H groups in total. The molecule has 5 nitrogen and oxygen atoms in total. The van der Waals surface area contributed by atoms with Crippen molar-refractivity contribution in [2.24, 2.45) is 5.92 Å². The third-order valence-electron chi connectivity index (χ3n) is 4.92. The van der Waals surface area contributed by atoms with Crippen LogP contribution in [0, 0.1) is 11.7 Å². The number of carbonyl (C=O) groups is 2. The average Bonchev–Trinajstić information content (AvgIpc) is 3.24. The summed E-state index contributed by atoms with van der Waals surface area (Å²) in [7, 11) is 0.